The Kier molecular flexibility index (Phi) is 6.31. The molecule has 1 amide bonds. The molecule has 1 aromatic rings. The normalized spacial score (nSPS) is 13.7. The van der Waals surface area contributed by atoms with Crippen molar-refractivity contribution in [2.45, 2.75) is 39.3 Å². The summed E-state index contributed by atoms with van der Waals surface area (Å²) in [6.45, 7) is 6.29. The van der Waals surface area contributed by atoms with Gasteiger partial charge in [-0.2, -0.15) is 0 Å². The van der Waals surface area contributed by atoms with Gasteiger partial charge >= 0.3 is 0 Å². The number of rotatable bonds is 6. The van der Waals surface area contributed by atoms with E-state index in [1.54, 1.807) is 6.92 Å². The smallest absolute Gasteiger partial charge is 0.260 e. The maximum atomic E-state index is 11.8. The van der Waals surface area contributed by atoms with Gasteiger partial charge in [0, 0.05) is 22.6 Å². The maximum absolute atomic E-state index is 11.8. The highest BCUT2D eigenvalue weighted by atomic mass is 79.9. The van der Waals surface area contributed by atoms with E-state index in [1.807, 2.05) is 32.0 Å². The van der Waals surface area contributed by atoms with Crippen LogP contribution in [0.15, 0.2) is 22.7 Å². The Morgan fingerprint density at radius 1 is 1.47 bits per heavy atom. The molecular formula is C14H21BrN2O2. The summed E-state index contributed by atoms with van der Waals surface area (Å²) in [6.07, 6.45) is 0.368. The van der Waals surface area contributed by atoms with E-state index in [4.69, 9.17) is 10.5 Å². The van der Waals surface area contributed by atoms with E-state index in [-0.39, 0.29) is 11.9 Å². The van der Waals surface area contributed by atoms with Gasteiger partial charge in [0.15, 0.2) is 6.10 Å². The second-order valence-electron chi connectivity index (χ2n) is 4.52. The fraction of sp³-hybridized carbons (Fsp3) is 0.500. The first-order valence-electron chi connectivity index (χ1n) is 6.45. The highest BCUT2D eigenvalue weighted by Gasteiger charge is 2.17. The predicted molar refractivity (Wildman–Crippen MR) is 80.1 cm³/mol. The third kappa shape index (κ3) is 4.84. The summed E-state index contributed by atoms with van der Waals surface area (Å²) in [5.41, 5.74) is 6.79. The third-order valence-electron chi connectivity index (χ3n) is 2.68. The zero-order chi connectivity index (χ0) is 14.4. The van der Waals surface area contributed by atoms with Crippen LogP contribution in [0.4, 0.5) is 0 Å². The van der Waals surface area contributed by atoms with Gasteiger partial charge in [0.05, 0.1) is 0 Å². The first-order valence-corrected chi connectivity index (χ1v) is 7.24. The van der Waals surface area contributed by atoms with Gasteiger partial charge in [-0.25, -0.2) is 0 Å². The van der Waals surface area contributed by atoms with E-state index < -0.39 is 6.10 Å². The summed E-state index contributed by atoms with van der Waals surface area (Å²) >= 11 is 3.40. The number of ether oxygens (including phenoxy) is 1. The number of amides is 1. The molecule has 0 aromatic heterocycles. The zero-order valence-electron chi connectivity index (χ0n) is 11.6. The van der Waals surface area contributed by atoms with Gasteiger partial charge in [-0.3, -0.25) is 4.79 Å². The SMILES string of the molecule is CCCNC(=O)C(C)Oc1ccc(Br)cc1[C@H](C)N. The van der Waals surface area contributed by atoms with Crippen LogP contribution in [0, 0.1) is 0 Å². The van der Waals surface area contributed by atoms with Crippen LogP contribution in [0.3, 0.4) is 0 Å². The second-order valence-corrected chi connectivity index (χ2v) is 5.44. The van der Waals surface area contributed by atoms with Crippen LogP contribution in [0.5, 0.6) is 5.75 Å². The van der Waals surface area contributed by atoms with Gasteiger partial charge in [0.2, 0.25) is 0 Å². The minimum atomic E-state index is -0.537. The number of benzene rings is 1. The van der Waals surface area contributed by atoms with Crippen LogP contribution in [0.25, 0.3) is 0 Å². The molecule has 0 aliphatic carbocycles. The Hall–Kier alpha value is -1.07. The van der Waals surface area contributed by atoms with Crippen LogP contribution in [0.2, 0.25) is 0 Å². The molecule has 0 saturated heterocycles. The molecule has 5 heteroatoms. The number of nitrogens with one attached hydrogen (secondary N) is 1. The number of carbonyl (C=O) groups is 1. The molecule has 0 radical (unpaired) electrons. The minimum absolute atomic E-state index is 0.111. The second kappa shape index (κ2) is 7.50. The van der Waals surface area contributed by atoms with Crippen molar-refractivity contribution >= 4 is 21.8 Å². The summed E-state index contributed by atoms with van der Waals surface area (Å²) in [5.74, 6) is 0.540. The van der Waals surface area contributed by atoms with Gasteiger partial charge in [-0.15, -0.1) is 0 Å². The minimum Gasteiger partial charge on any atom is -0.481 e. The molecule has 1 aromatic carbocycles. The Balaban J connectivity index is 2.78. The van der Waals surface area contributed by atoms with E-state index in [9.17, 15) is 4.79 Å². The van der Waals surface area contributed by atoms with Crippen molar-refractivity contribution < 1.29 is 9.53 Å². The molecule has 106 valence electrons. The monoisotopic (exact) mass is 328 g/mol. The van der Waals surface area contributed by atoms with Crippen molar-refractivity contribution in [3.05, 3.63) is 28.2 Å². The van der Waals surface area contributed by atoms with Gasteiger partial charge < -0.3 is 15.8 Å². The molecule has 19 heavy (non-hydrogen) atoms. The Morgan fingerprint density at radius 2 is 2.16 bits per heavy atom. The fourth-order valence-corrected chi connectivity index (χ4v) is 2.00. The average molecular weight is 329 g/mol. The number of nitrogens with two attached hydrogens (primary N) is 1. The summed E-state index contributed by atoms with van der Waals surface area (Å²) in [4.78, 5) is 11.8. The lowest BCUT2D eigenvalue weighted by atomic mass is 10.1. The van der Waals surface area contributed by atoms with Crippen molar-refractivity contribution in [2.75, 3.05) is 6.54 Å². The van der Waals surface area contributed by atoms with E-state index in [0.29, 0.717) is 12.3 Å². The van der Waals surface area contributed by atoms with Gasteiger partial charge in [-0.05, 0) is 38.5 Å². The lowest BCUT2D eigenvalue weighted by Gasteiger charge is -2.19. The van der Waals surface area contributed by atoms with Crippen LogP contribution in [0.1, 0.15) is 38.8 Å². The molecule has 3 N–H and O–H groups in total. The standard InChI is InChI=1S/C14H21BrN2O2/c1-4-7-17-14(18)10(3)19-13-6-5-11(15)8-12(13)9(2)16/h5-6,8-10H,4,7,16H2,1-3H3,(H,17,18)/t9-,10?/m0/s1. The van der Waals surface area contributed by atoms with Crippen molar-refractivity contribution in [1.82, 2.24) is 5.32 Å². The number of carbonyl (C=O) groups excluding carboxylic acids is 1. The van der Waals surface area contributed by atoms with Crippen LogP contribution < -0.4 is 15.8 Å². The van der Waals surface area contributed by atoms with Crippen molar-refractivity contribution in [3.63, 3.8) is 0 Å². The Morgan fingerprint density at radius 3 is 2.74 bits per heavy atom. The Bertz CT molecular complexity index is 435. The van der Waals surface area contributed by atoms with Gasteiger partial charge in [0.25, 0.3) is 5.91 Å². The first-order chi connectivity index (χ1) is 8.95. The third-order valence-corrected chi connectivity index (χ3v) is 3.18. The molecule has 0 aliphatic heterocycles. The lowest BCUT2D eigenvalue weighted by molar-refractivity contribution is -0.127. The molecule has 0 fully saturated rings. The number of halogens is 1. The van der Waals surface area contributed by atoms with E-state index in [1.165, 1.54) is 0 Å². The molecule has 0 aliphatic rings. The predicted octanol–water partition coefficient (Wildman–Crippen LogP) is 2.76. The van der Waals surface area contributed by atoms with Gasteiger partial charge in [0.1, 0.15) is 5.75 Å². The van der Waals surface area contributed by atoms with Crippen LogP contribution in [-0.2, 0) is 4.79 Å². The molecule has 0 heterocycles. The Labute approximate surface area is 122 Å². The molecular weight excluding hydrogens is 308 g/mol. The highest BCUT2D eigenvalue weighted by molar-refractivity contribution is 9.10. The van der Waals surface area contributed by atoms with Crippen LogP contribution in [-0.4, -0.2) is 18.6 Å². The fourth-order valence-electron chi connectivity index (χ4n) is 1.62. The quantitative estimate of drug-likeness (QED) is 0.843. The molecule has 0 saturated carbocycles. The topological polar surface area (TPSA) is 64.3 Å². The molecule has 4 nitrogen and oxygen atoms in total. The summed E-state index contributed by atoms with van der Waals surface area (Å²) < 4.78 is 6.65. The van der Waals surface area contributed by atoms with Crippen molar-refractivity contribution in [2.24, 2.45) is 5.73 Å². The molecule has 0 bridgehead atoms. The van der Waals surface area contributed by atoms with Crippen LogP contribution >= 0.6 is 15.9 Å². The largest absolute Gasteiger partial charge is 0.481 e. The van der Waals surface area contributed by atoms with Crippen molar-refractivity contribution in [3.8, 4) is 5.75 Å². The summed E-state index contributed by atoms with van der Waals surface area (Å²) in [5, 5.41) is 2.81. The van der Waals surface area contributed by atoms with Gasteiger partial charge in [-0.1, -0.05) is 22.9 Å². The number of hydrogen-bond donors (Lipinski definition) is 2. The van der Waals surface area contributed by atoms with E-state index in [0.717, 1.165) is 16.5 Å². The molecule has 2 atom stereocenters. The van der Waals surface area contributed by atoms with Crippen molar-refractivity contribution in [1.29, 1.82) is 0 Å². The lowest BCUT2D eigenvalue weighted by Crippen LogP contribution is -2.36. The molecule has 1 rings (SSSR count). The van der Waals surface area contributed by atoms with E-state index in [2.05, 4.69) is 21.2 Å². The highest BCUT2D eigenvalue weighted by Crippen LogP contribution is 2.28. The summed E-state index contributed by atoms with van der Waals surface area (Å²) in [6, 6.07) is 5.46. The maximum Gasteiger partial charge on any atom is 0.260 e. The average Bonchev–Trinajstić information content (AvgIpc) is 2.37. The van der Waals surface area contributed by atoms with E-state index >= 15 is 0 Å². The first kappa shape index (κ1) is 16.0. The summed E-state index contributed by atoms with van der Waals surface area (Å²) in [7, 11) is 0. The molecule has 1 unspecified atom stereocenters. The zero-order valence-corrected chi connectivity index (χ0v) is 13.2. The molecule has 0 spiro atoms. The number of hydrogen-bond acceptors (Lipinski definition) is 3.